The lowest BCUT2D eigenvalue weighted by molar-refractivity contribution is -0.305. The Kier molecular flexibility index (Phi) is 31.9. The molecule has 2 unspecified atom stereocenters. The number of rotatable bonds is 33. The van der Waals surface area contributed by atoms with Gasteiger partial charge in [-0.05, 0) is 77.0 Å². The average Bonchev–Trinajstić information content (AvgIpc) is 3.17. The van der Waals surface area contributed by atoms with Crippen LogP contribution in [-0.2, 0) is 28.5 Å². The molecule has 310 valence electrons. The second kappa shape index (κ2) is 34.9. The lowest BCUT2D eigenvalue weighted by Gasteiger charge is -2.39. The minimum Gasteiger partial charge on any atom is -0.462 e. The van der Waals surface area contributed by atoms with Gasteiger partial charge in [0.25, 0.3) is 0 Å². The number of carbonyl (C=O) groups is 2. The van der Waals surface area contributed by atoms with Gasteiger partial charge in [0.1, 0.15) is 31.0 Å². The third kappa shape index (κ3) is 26.2. The van der Waals surface area contributed by atoms with Crippen LogP contribution in [0, 0.1) is 0 Å². The van der Waals surface area contributed by atoms with Gasteiger partial charge in [0, 0.05) is 12.8 Å². The first kappa shape index (κ1) is 49.4. The van der Waals surface area contributed by atoms with Gasteiger partial charge in [-0.1, -0.05) is 120 Å². The first-order valence-electron chi connectivity index (χ1n) is 20.9. The molecule has 1 aliphatic rings. The molecule has 0 aromatic heterocycles. The molecule has 1 fully saturated rings. The van der Waals surface area contributed by atoms with Crippen molar-refractivity contribution in [3.8, 4) is 0 Å². The van der Waals surface area contributed by atoms with E-state index in [0.29, 0.717) is 12.8 Å². The molecule has 1 saturated heterocycles. The van der Waals surface area contributed by atoms with Gasteiger partial charge in [-0.25, -0.2) is 0 Å². The van der Waals surface area contributed by atoms with Crippen molar-refractivity contribution >= 4 is 11.9 Å². The second-order valence-electron chi connectivity index (χ2n) is 14.1. The largest absolute Gasteiger partial charge is 0.462 e. The van der Waals surface area contributed by atoms with E-state index in [4.69, 9.17) is 18.9 Å². The Balaban J connectivity index is 2.42. The van der Waals surface area contributed by atoms with Crippen molar-refractivity contribution in [2.45, 2.75) is 185 Å². The van der Waals surface area contributed by atoms with E-state index in [1.54, 1.807) is 0 Å². The molecule has 6 atom stereocenters. The van der Waals surface area contributed by atoms with E-state index in [0.717, 1.165) is 77.0 Å². The summed E-state index contributed by atoms with van der Waals surface area (Å²) in [5, 5.41) is 40.0. The molecule has 10 nitrogen and oxygen atoms in total. The van der Waals surface area contributed by atoms with Crippen molar-refractivity contribution < 1.29 is 49.0 Å². The quantitative estimate of drug-likeness (QED) is 0.0292. The van der Waals surface area contributed by atoms with Crippen LogP contribution < -0.4 is 0 Å². The zero-order chi connectivity index (χ0) is 39.5. The van der Waals surface area contributed by atoms with Crippen molar-refractivity contribution in [3.05, 3.63) is 60.8 Å². The number of hydrogen-bond acceptors (Lipinski definition) is 10. The van der Waals surface area contributed by atoms with E-state index in [2.05, 4.69) is 74.6 Å². The average molecular weight is 763 g/mol. The third-order valence-electron chi connectivity index (χ3n) is 9.13. The molecule has 0 aromatic rings. The van der Waals surface area contributed by atoms with Crippen molar-refractivity contribution in [1.29, 1.82) is 0 Å². The highest BCUT2D eigenvalue weighted by Gasteiger charge is 2.44. The van der Waals surface area contributed by atoms with Gasteiger partial charge >= 0.3 is 11.9 Å². The van der Waals surface area contributed by atoms with Gasteiger partial charge < -0.3 is 39.4 Å². The summed E-state index contributed by atoms with van der Waals surface area (Å²) in [6.07, 6.45) is 33.7. The van der Waals surface area contributed by atoms with Crippen molar-refractivity contribution in [1.82, 2.24) is 0 Å². The maximum absolute atomic E-state index is 12.7. The number of unbranched alkanes of at least 4 members (excludes halogenated alkanes) is 12. The number of aliphatic hydroxyl groups excluding tert-OH is 4. The fourth-order valence-corrected chi connectivity index (χ4v) is 5.74. The first-order chi connectivity index (χ1) is 26.3. The smallest absolute Gasteiger partial charge is 0.306 e. The van der Waals surface area contributed by atoms with Crippen LogP contribution in [0.3, 0.4) is 0 Å². The number of carbonyl (C=O) groups excluding carboxylic acids is 2. The minimum absolute atomic E-state index is 0.175. The molecule has 54 heavy (non-hydrogen) atoms. The molecule has 1 rings (SSSR count). The highest BCUT2D eigenvalue weighted by molar-refractivity contribution is 5.70. The van der Waals surface area contributed by atoms with Gasteiger partial charge in [-0.15, -0.1) is 0 Å². The third-order valence-corrected chi connectivity index (χ3v) is 9.13. The highest BCUT2D eigenvalue weighted by atomic mass is 16.7. The fraction of sp³-hybridized carbons (Fsp3) is 0.727. The van der Waals surface area contributed by atoms with Crippen LogP contribution in [0.2, 0.25) is 0 Å². The molecular formula is C44H74O10. The lowest BCUT2D eigenvalue weighted by Crippen LogP contribution is -2.59. The van der Waals surface area contributed by atoms with E-state index >= 15 is 0 Å². The molecule has 0 saturated carbocycles. The molecule has 4 N–H and O–H groups in total. The summed E-state index contributed by atoms with van der Waals surface area (Å²) in [5.74, 6) is -0.874. The molecule has 0 aliphatic carbocycles. The van der Waals surface area contributed by atoms with Gasteiger partial charge in [0.05, 0.1) is 13.2 Å². The molecular weight excluding hydrogens is 688 g/mol. The zero-order valence-electron chi connectivity index (χ0n) is 33.4. The topological polar surface area (TPSA) is 152 Å². The van der Waals surface area contributed by atoms with Crippen molar-refractivity contribution in [3.63, 3.8) is 0 Å². The van der Waals surface area contributed by atoms with Gasteiger partial charge in [-0.3, -0.25) is 9.59 Å². The zero-order valence-corrected chi connectivity index (χ0v) is 33.4. The standard InChI is InChI=1S/C44H74O10/c1-3-5-7-9-11-13-15-17-19-21-23-25-27-29-31-33-40(47)53-37(36-52-44-43(50)42(49)41(48)38(34-45)54-44)35-51-39(46)32-30-28-26-24-22-20-18-16-14-12-10-8-6-4-2/h10-13,16-19,23,25,37-38,41-45,48-50H,3-9,14-15,20-22,24,26-36H2,1-2H3/b12-10+,13-11+,18-16+,19-17+,25-23+/t37-,38-,41+,42?,43?,44-/m0/s1. The predicted octanol–water partition coefficient (Wildman–Crippen LogP) is 8.27. The Morgan fingerprint density at radius 3 is 1.65 bits per heavy atom. The molecule has 0 bridgehead atoms. The van der Waals surface area contributed by atoms with Crippen molar-refractivity contribution in [2.24, 2.45) is 0 Å². The summed E-state index contributed by atoms with van der Waals surface area (Å²) in [4.78, 5) is 25.2. The van der Waals surface area contributed by atoms with Crippen LogP contribution in [-0.4, -0.2) is 89.0 Å². The van der Waals surface area contributed by atoms with Gasteiger partial charge in [0.2, 0.25) is 0 Å². The predicted molar refractivity (Wildman–Crippen MR) is 215 cm³/mol. The van der Waals surface area contributed by atoms with E-state index < -0.39 is 55.4 Å². The Bertz CT molecular complexity index is 1070. The number of aliphatic hydroxyl groups is 4. The molecule has 10 heteroatoms. The summed E-state index contributed by atoms with van der Waals surface area (Å²) >= 11 is 0. The number of hydrogen-bond donors (Lipinski definition) is 4. The first-order valence-corrected chi connectivity index (χ1v) is 20.9. The number of allylic oxidation sites excluding steroid dienone is 10. The summed E-state index contributed by atoms with van der Waals surface area (Å²) in [6.45, 7) is 3.27. The summed E-state index contributed by atoms with van der Waals surface area (Å²) in [6, 6.07) is 0. The van der Waals surface area contributed by atoms with Crippen LogP contribution in [0.1, 0.15) is 149 Å². The monoisotopic (exact) mass is 763 g/mol. The van der Waals surface area contributed by atoms with Crippen LogP contribution in [0.25, 0.3) is 0 Å². The van der Waals surface area contributed by atoms with Crippen molar-refractivity contribution in [2.75, 3.05) is 19.8 Å². The maximum atomic E-state index is 12.7. The lowest BCUT2D eigenvalue weighted by atomic mass is 9.99. The number of esters is 2. The summed E-state index contributed by atoms with van der Waals surface area (Å²) < 4.78 is 22.0. The van der Waals surface area contributed by atoms with Crippen LogP contribution in [0.15, 0.2) is 60.8 Å². The van der Waals surface area contributed by atoms with E-state index in [1.807, 2.05) is 0 Å². The highest BCUT2D eigenvalue weighted by Crippen LogP contribution is 2.22. The van der Waals surface area contributed by atoms with Gasteiger partial charge in [0.15, 0.2) is 12.4 Å². The van der Waals surface area contributed by atoms with E-state index in [1.165, 1.54) is 32.1 Å². The normalized spacial score (nSPS) is 21.3. The summed E-state index contributed by atoms with van der Waals surface area (Å²) in [7, 11) is 0. The van der Waals surface area contributed by atoms with Gasteiger partial charge in [-0.2, -0.15) is 0 Å². The molecule has 1 aliphatic heterocycles. The molecule has 0 aromatic carbocycles. The van der Waals surface area contributed by atoms with Crippen LogP contribution in [0.5, 0.6) is 0 Å². The molecule has 0 radical (unpaired) electrons. The minimum atomic E-state index is -1.61. The van der Waals surface area contributed by atoms with E-state index in [9.17, 15) is 30.0 Å². The molecule has 0 spiro atoms. The Hall–Kier alpha value is -2.60. The number of ether oxygens (including phenoxy) is 4. The summed E-state index contributed by atoms with van der Waals surface area (Å²) in [5.41, 5.74) is 0. The Morgan fingerprint density at radius 2 is 1.06 bits per heavy atom. The van der Waals surface area contributed by atoms with Crippen LogP contribution >= 0.6 is 0 Å². The maximum Gasteiger partial charge on any atom is 0.306 e. The Labute approximate surface area is 326 Å². The molecule has 1 heterocycles. The van der Waals surface area contributed by atoms with Crippen LogP contribution in [0.4, 0.5) is 0 Å². The van der Waals surface area contributed by atoms with E-state index in [-0.39, 0.29) is 26.1 Å². The molecule has 0 amide bonds. The Morgan fingerprint density at radius 1 is 0.574 bits per heavy atom. The SMILES string of the molecule is CCCC/C=C/C/C=C/CCCCCCCC(=O)OC[C@@H](CO[C@H]1O[C@@H](CO)[C@@H](O)C(O)C1O)OC(=O)CCCC/C=C/C/C=C/C/C=C/CCCCC. The fourth-order valence-electron chi connectivity index (χ4n) is 5.74. The second-order valence-corrected chi connectivity index (χ2v) is 14.1.